The highest BCUT2D eigenvalue weighted by Gasteiger charge is 2.42. The van der Waals surface area contributed by atoms with Crippen molar-refractivity contribution < 1.29 is 14.8 Å². The van der Waals surface area contributed by atoms with Crippen LogP contribution in [-0.4, -0.2) is 29.6 Å². The quantitative estimate of drug-likeness (QED) is 0.780. The SMILES string of the molecule is CC(C)c1ccc(OCC(=O)NC2CC(C)(C)[NH2+]C(C)(C)C2)c(Br)c1. The Hall–Kier alpha value is -1.07. The molecule has 3 N–H and O–H groups in total. The maximum absolute atomic E-state index is 12.3. The molecular weight excluding hydrogens is 380 g/mol. The van der Waals surface area contributed by atoms with Crippen molar-refractivity contribution in [3.8, 4) is 5.75 Å². The lowest BCUT2D eigenvalue weighted by atomic mass is 9.79. The van der Waals surface area contributed by atoms with Crippen molar-refractivity contribution in [2.24, 2.45) is 0 Å². The number of amides is 1. The maximum atomic E-state index is 12.3. The minimum Gasteiger partial charge on any atom is -0.483 e. The van der Waals surface area contributed by atoms with Crippen molar-refractivity contribution in [1.29, 1.82) is 0 Å². The Morgan fingerprint density at radius 2 is 1.88 bits per heavy atom. The van der Waals surface area contributed by atoms with E-state index in [2.05, 4.69) is 74.2 Å². The predicted molar refractivity (Wildman–Crippen MR) is 105 cm³/mol. The third kappa shape index (κ3) is 6.00. The van der Waals surface area contributed by atoms with Crippen LogP contribution in [0.25, 0.3) is 0 Å². The van der Waals surface area contributed by atoms with Gasteiger partial charge in [0.15, 0.2) is 6.61 Å². The number of hydrogen-bond donors (Lipinski definition) is 2. The minimum absolute atomic E-state index is 0.0424. The molecule has 140 valence electrons. The van der Waals surface area contributed by atoms with Gasteiger partial charge in [-0.3, -0.25) is 4.79 Å². The van der Waals surface area contributed by atoms with E-state index in [9.17, 15) is 4.79 Å². The first-order chi connectivity index (χ1) is 11.5. The number of quaternary nitrogens is 1. The first-order valence-electron chi connectivity index (χ1n) is 9.06. The largest absolute Gasteiger partial charge is 0.483 e. The zero-order valence-corrected chi connectivity index (χ0v) is 17.9. The van der Waals surface area contributed by atoms with E-state index in [1.54, 1.807) is 0 Å². The molecule has 2 rings (SSSR count). The highest BCUT2D eigenvalue weighted by Crippen LogP contribution is 2.29. The van der Waals surface area contributed by atoms with E-state index in [4.69, 9.17) is 4.74 Å². The summed E-state index contributed by atoms with van der Waals surface area (Å²) in [4.78, 5) is 12.3. The molecule has 0 radical (unpaired) electrons. The van der Waals surface area contributed by atoms with E-state index in [-0.39, 0.29) is 29.6 Å². The van der Waals surface area contributed by atoms with E-state index in [0.29, 0.717) is 11.7 Å². The molecule has 1 aliphatic heterocycles. The van der Waals surface area contributed by atoms with Gasteiger partial charge in [-0.05, 0) is 67.2 Å². The number of hydrogen-bond acceptors (Lipinski definition) is 2. The lowest BCUT2D eigenvalue weighted by Crippen LogP contribution is -3.06. The number of carbonyl (C=O) groups excluding carboxylic acids is 1. The Labute approximate surface area is 160 Å². The van der Waals surface area contributed by atoms with Gasteiger partial charge in [0.1, 0.15) is 5.75 Å². The Morgan fingerprint density at radius 3 is 2.40 bits per heavy atom. The Bertz CT molecular complexity index is 610. The first kappa shape index (κ1) is 20.2. The average molecular weight is 412 g/mol. The van der Waals surface area contributed by atoms with Gasteiger partial charge in [-0.2, -0.15) is 0 Å². The summed E-state index contributed by atoms with van der Waals surface area (Å²) < 4.78 is 6.60. The fraction of sp³-hybridized carbons (Fsp3) is 0.650. The van der Waals surface area contributed by atoms with Crippen LogP contribution in [0.3, 0.4) is 0 Å². The minimum atomic E-state index is -0.0571. The second kappa shape index (κ2) is 7.67. The van der Waals surface area contributed by atoms with E-state index < -0.39 is 0 Å². The molecule has 1 aromatic rings. The van der Waals surface area contributed by atoms with Crippen LogP contribution >= 0.6 is 15.9 Å². The van der Waals surface area contributed by atoms with E-state index in [0.717, 1.165) is 17.3 Å². The number of nitrogens with one attached hydrogen (secondary N) is 1. The number of rotatable bonds is 5. The van der Waals surface area contributed by atoms with Crippen molar-refractivity contribution in [3.63, 3.8) is 0 Å². The second-order valence-electron chi connectivity index (χ2n) is 8.93. The number of benzene rings is 1. The molecule has 1 fully saturated rings. The molecule has 0 saturated carbocycles. The Balaban J connectivity index is 1.91. The number of nitrogens with two attached hydrogens (primary N) is 1. The summed E-state index contributed by atoms with van der Waals surface area (Å²) in [5.41, 5.74) is 1.51. The zero-order valence-electron chi connectivity index (χ0n) is 16.3. The van der Waals surface area contributed by atoms with Crippen LogP contribution in [-0.2, 0) is 4.79 Å². The van der Waals surface area contributed by atoms with Crippen LogP contribution in [0.2, 0.25) is 0 Å². The zero-order chi connectivity index (χ0) is 18.8. The van der Waals surface area contributed by atoms with Gasteiger partial charge in [-0.1, -0.05) is 19.9 Å². The Morgan fingerprint density at radius 1 is 1.28 bits per heavy atom. The van der Waals surface area contributed by atoms with Gasteiger partial charge < -0.3 is 15.4 Å². The topological polar surface area (TPSA) is 54.9 Å². The van der Waals surface area contributed by atoms with Gasteiger partial charge >= 0.3 is 0 Å². The number of carbonyl (C=O) groups is 1. The van der Waals surface area contributed by atoms with Crippen molar-refractivity contribution in [2.75, 3.05) is 6.61 Å². The van der Waals surface area contributed by atoms with Crippen molar-refractivity contribution >= 4 is 21.8 Å². The normalized spacial score (nSPS) is 19.7. The third-order valence-electron chi connectivity index (χ3n) is 4.67. The van der Waals surface area contributed by atoms with Crippen molar-refractivity contribution in [3.05, 3.63) is 28.2 Å². The molecule has 0 atom stereocenters. The predicted octanol–water partition coefficient (Wildman–Crippen LogP) is 3.35. The molecule has 0 bridgehead atoms. The average Bonchev–Trinajstić information content (AvgIpc) is 2.42. The van der Waals surface area contributed by atoms with Crippen molar-refractivity contribution in [1.82, 2.24) is 5.32 Å². The summed E-state index contributed by atoms with van der Waals surface area (Å²) >= 11 is 3.53. The number of ether oxygens (including phenoxy) is 1. The van der Waals surface area contributed by atoms with Crippen LogP contribution in [0.1, 0.15) is 65.9 Å². The van der Waals surface area contributed by atoms with Gasteiger partial charge in [-0.15, -0.1) is 0 Å². The smallest absolute Gasteiger partial charge is 0.258 e. The molecule has 1 amide bonds. The number of halogens is 1. The van der Waals surface area contributed by atoms with Gasteiger partial charge in [0.05, 0.1) is 15.6 Å². The van der Waals surface area contributed by atoms with Crippen LogP contribution in [0.15, 0.2) is 22.7 Å². The molecule has 0 spiro atoms. The molecule has 1 aromatic carbocycles. The molecule has 4 nitrogen and oxygen atoms in total. The maximum Gasteiger partial charge on any atom is 0.258 e. The van der Waals surface area contributed by atoms with Gasteiger partial charge in [0, 0.05) is 18.9 Å². The summed E-state index contributed by atoms with van der Waals surface area (Å²) in [5.74, 6) is 1.11. The summed E-state index contributed by atoms with van der Waals surface area (Å²) in [6.07, 6.45) is 1.93. The lowest BCUT2D eigenvalue weighted by Gasteiger charge is -2.43. The lowest BCUT2D eigenvalue weighted by molar-refractivity contribution is -0.787. The molecular formula is C20H32BrN2O2+. The van der Waals surface area contributed by atoms with E-state index in [1.165, 1.54) is 5.56 Å². The molecule has 25 heavy (non-hydrogen) atoms. The van der Waals surface area contributed by atoms with Crippen LogP contribution in [0.4, 0.5) is 0 Å². The molecule has 0 unspecified atom stereocenters. The molecule has 5 heteroatoms. The highest BCUT2D eigenvalue weighted by molar-refractivity contribution is 9.10. The third-order valence-corrected chi connectivity index (χ3v) is 5.29. The highest BCUT2D eigenvalue weighted by atomic mass is 79.9. The summed E-state index contributed by atoms with van der Waals surface area (Å²) in [6.45, 7) is 13.3. The molecule has 0 aromatic heterocycles. The molecule has 1 saturated heterocycles. The molecule has 1 heterocycles. The van der Waals surface area contributed by atoms with Crippen LogP contribution < -0.4 is 15.4 Å². The van der Waals surface area contributed by atoms with E-state index >= 15 is 0 Å². The molecule has 0 aliphatic carbocycles. The van der Waals surface area contributed by atoms with Crippen LogP contribution in [0, 0.1) is 0 Å². The Kier molecular flexibility index (Phi) is 6.21. The standard InChI is InChI=1S/C20H31BrN2O2/c1-13(2)14-7-8-17(16(21)9-14)25-12-18(24)22-15-10-19(3,4)23-20(5,6)11-15/h7-9,13,15,23H,10-12H2,1-6H3,(H,22,24)/p+1. The fourth-order valence-electron chi connectivity index (χ4n) is 4.03. The molecule has 1 aliphatic rings. The van der Waals surface area contributed by atoms with Crippen LogP contribution in [0.5, 0.6) is 5.75 Å². The summed E-state index contributed by atoms with van der Waals surface area (Å²) in [5, 5.41) is 5.56. The number of piperidine rings is 1. The monoisotopic (exact) mass is 411 g/mol. The van der Waals surface area contributed by atoms with Gasteiger partial charge in [0.2, 0.25) is 0 Å². The van der Waals surface area contributed by atoms with Gasteiger partial charge in [-0.25, -0.2) is 0 Å². The summed E-state index contributed by atoms with van der Waals surface area (Å²) in [6, 6.07) is 6.22. The fourth-order valence-corrected chi connectivity index (χ4v) is 4.54. The van der Waals surface area contributed by atoms with Gasteiger partial charge in [0.25, 0.3) is 5.91 Å². The van der Waals surface area contributed by atoms with E-state index in [1.807, 2.05) is 12.1 Å². The summed E-state index contributed by atoms with van der Waals surface area (Å²) in [7, 11) is 0. The second-order valence-corrected chi connectivity index (χ2v) is 9.78. The van der Waals surface area contributed by atoms with Crippen molar-refractivity contribution in [2.45, 2.75) is 77.4 Å². The first-order valence-corrected chi connectivity index (χ1v) is 9.85.